The van der Waals surface area contributed by atoms with Gasteiger partial charge in [0.2, 0.25) is 0 Å². The van der Waals surface area contributed by atoms with Gasteiger partial charge in [-0.25, -0.2) is 0 Å². The molecule has 1 unspecified atom stereocenters. The van der Waals surface area contributed by atoms with Gasteiger partial charge in [-0.1, -0.05) is 11.6 Å². The number of aliphatic imine (C=N–C) groups is 1. The van der Waals surface area contributed by atoms with Gasteiger partial charge in [0.25, 0.3) is 0 Å². The van der Waals surface area contributed by atoms with Crippen molar-refractivity contribution in [1.29, 1.82) is 0 Å². The molecule has 1 saturated heterocycles. The van der Waals surface area contributed by atoms with Crippen molar-refractivity contribution in [3.63, 3.8) is 0 Å². The molecular formula is C18H31ClIN3O3S. The van der Waals surface area contributed by atoms with Crippen LogP contribution in [0.1, 0.15) is 37.2 Å². The number of aliphatic hydroxyl groups excluding tert-OH is 1. The fourth-order valence-corrected chi connectivity index (χ4v) is 3.92. The Labute approximate surface area is 188 Å². The number of thiophene rings is 1. The van der Waals surface area contributed by atoms with E-state index in [1.165, 1.54) is 11.3 Å². The zero-order valence-electron chi connectivity index (χ0n) is 16.0. The average Bonchev–Trinajstić information content (AvgIpc) is 3.09. The Morgan fingerprint density at radius 2 is 2.15 bits per heavy atom. The molecule has 156 valence electrons. The lowest BCUT2D eigenvalue weighted by molar-refractivity contribution is 0.00986. The Kier molecular flexibility index (Phi) is 12.9. The van der Waals surface area contributed by atoms with Crippen LogP contribution in [0.4, 0.5) is 0 Å². The number of hydrogen-bond acceptors (Lipinski definition) is 5. The zero-order chi connectivity index (χ0) is 18.8. The highest BCUT2D eigenvalue weighted by molar-refractivity contribution is 14.0. The van der Waals surface area contributed by atoms with Crippen molar-refractivity contribution >= 4 is 52.9 Å². The Balaban J connectivity index is 0.00000364. The first kappa shape index (κ1) is 24.9. The van der Waals surface area contributed by atoms with Gasteiger partial charge in [0.1, 0.15) is 6.10 Å². The minimum atomic E-state index is -0.622. The van der Waals surface area contributed by atoms with E-state index in [1.807, 2.05) is 6.07 Å². The topological polar surface area (TPSA) is 66.3 Å². The summed E-state index contributed by atoms with van der Waals surface area (Å²) in [4.78, 5) is 7.71. The molecule has 2 rings (SSSR count). The molecule has 0 spiro atoms. The Bertz CT molecular complexity index is 554. The lowest BCUT2D eigenvalue weighted by atomic mass is 10.1. The van der Waals surface area contributed by atoms with E-state index in [1.54, 1.807) is 13.2 Å². The first-order valence-corrected chi connectivity index (χ1v) is 10.4. The fraction of sp³-hybridized carbons (Fsp3) is 0.722. The van der Waals surface area contributed by atoms with Gasteiger partial charge in [-0.05, 0) is 38.3 Å². The van der Waals surface area contributed by atoms with Crippen LogP contribution in [0.25, 0.3) is 0 Å². The van der Waals surface area contributed by atoms with Gasteiger partial charge < -0.3 is 24.8 Å². The second-order valence-corrected chi connectivity index (χ2v) is 8.00. The molecule has 0 bridgehead atoms. The second-order valence-electron chi connectivity index (χ2n) is 6.26. The lowest BCUT2D eigenvalue weighted by Gasteiger charge is -2.34. The molecule has 9 heteroatoms. The minimum Gasteiger partial charge on any atom is -0.386 e. The first-order valence-electron chi connectivity index (χ1n) is 9.21. The van der Waals surface area contributed by atoms with Crippen molar-refractivity contribution in [2.75, 3.05) is 46.5 Å². The summed E-state index contributed by atoms with van der Waals surface area (Å²) < 4.78 is 11.6. The van der Waals surface area contributed by atoms with Crippen LogP contribution < -0.4 is 5.32 Å². The number of aliphatic hydroxyl groups is 1. The van der Waals surface area contributed by atoms with E-state index in [2.05, 4.69) is 22.1 Å². The van der Waals surface area contributed by atoms with E-state index in [9.17, 15) is 5.11 Å². The summed E-state index contributed by atoms with van der Waals surface area (Å²) in [5, 5.41) is 13.6. The summed E-state index contributed by atoms with van der Waals surface area (Å²) in [6.07, 6.45) is 2.60. The van der Waals surface area contributed by atoms with E-state index >= 15 is 0 Å². The molecule has 2 N–H and O–H groups in total. The third-order valence-electron chi connectivity index (χ3n) is 4.26. The molecule has 0 amide bonds. The number of halogens is 2. The smallest absolute Gasteiger partial charge is 0.194 e. The van der Waals surface area contributed by atoms with Gasteiger partial charge in [0, 0.05) is 44.8 Å². The number of ether oxygens (including phenoxy) is 2. The molecule has 0 saturated carbocycles. The normalized spacial score (nSPS) is 16.9. The summed E-state index contributed by atoms with van der Waals surface area (Å²) in [6, 6.07) is 3.66. The minimum absolute atomic E-state index is 0. The number of piperidine rings is 1. The van der Waals surface area contributed by atoms with E-state index in [4.69, 9.17) is 21.1 Å². The average molecular weight is 532 g/mol. The zero-order valence-corrected chi connectivity index (χ0v) is 19.9. The number of nitrogens with one attached hydrogen (secondary N) is 1. The quantitative estimate of drug-likeness (QED) is 0.221. The highest BCUT2D eigenvalue weighted by atomic mass is 127. The van der Waals surface area contributed by atoms with Crippen LogP contribution in [0.15, 0.2) is 17.1 Å². The molecule has 1 aromatic heterocycles. The second kappa shape index (κ2) is 13.9. The van der Waals surface area contributed by atoms with E-state index < -0.39 is 6.10 Å². The SMILES string of the molecule is CCNC(=NCC(O)c1ccc(Cl)s1)N1CCC(OCCCOC)CC1.I. The van der Waals surface area contributed by atoms with Crippen LogP contribution in [0.5, 0.6) is 0 Å². The number of methoxy groups -OCH3 is 1. The Morgan fingerprint density at radius 1 is 1.41 bits per heavy atom. The number of likely N-dealkylation sites (tertiary alicyclic amines) is 1. The maximum Gasteiger partial charge on any atom is 0.194 e. The predicted octanol–water partition coefficient (Wildman–Crippen LogP) is 3.54. The highest BCUT2D eigenvalue weighted by Crippen LogP contribution is 2.27. The third-order valence-corrected chi connectivity index (χ3v) is 5.59. The first-order chi connectivity index (χ1) is 12.6. The van der Waals surface area contributed by atoms with Gasteiger partial charge in [0.15, 0.2) is 5.96 Å². The van der Waals surface area contributed by atoms with Crippen molar-refractivity contribution < 1.29 is 14.6 Å². The predicted molar refractivity (Wildman–Crippen MR) is 123 cm³/mol. The van der Waals surface area contributed by atoms with Gasteiger partial charge in [0.05, 0.1) is 17.0 Å². The van der Waals surface area contributed by atoms with E-state index in [-0.39, 0.29) is 24.0 Å². The Morgan fingerprint density at radius 3 is 2.74 bits per heavy atom. The van der Waals surface area contributed by atoms with Gasteiger partial charge in [-0.3, -0.25) is 4.99 Å². The highest BCUT2D eigenvalue weighted by Gasteiger charge is 2.22. The standard InChI is InChI=1S/C18H30ClN3O3S.HI/c1-3-20-18(21-13-15(23)16-5-6-17(19)26-16)22-9-7-14(8-10-22)25-12-4-11-24-2;/h5-6,14-15,23H,3-4,7-13H2,1-2H3,(H,20,21);1H. The van der Waals surface area contributed by atoms with Crippen molar-refractivity contribution in [3.05, 3.63) is 21.3 Å². The molecule has 27 heavy (non-hydrogen) atoms. The van der Waals surface area contributed by atoms with Crippen molar-refractivity contribution in [2.45, 2.75) is 38.4 Å². The molecule has 1 aliphatic heterocycles. The summed E-state index contributed by atoms with van der Waals surface area (Å²) in [7, 11) is 1.71. The van der Waals surface area contributed by atoms with Crippen molar-refractivity contribution in [2.24, 2.45) is 4.99 Å². The van der Waals surface area contributed by atoms with Crippen molar-refractivity contribution in [1.82, 2.24) is 10.2 Å². The van der Waals surface area contributed by atoms with Gasteiger partial charge in [-0.2, -0.15) is 0 Å². The maximum absolute atomic E-state index is 10.3. The van der Waals surface area contributed by atoms with Crippen LogP contribution in [-0.4, -0.2) is 68.6 Å². The molecule has 1 aliphatic rings. The molecule has 1 fully saturated rings. The molecule has 0 aliphatic carbocycles. The Hall–Kier alpha value is -0.130. The third kappa shape index (κ3) is 8.82. The molecule has 0 radical (unpaired) electrons. The van der Waals surface area contributed by atoms with Crippen LogP contribution in [-0.2, 0) is 9.47 Å². The van der Waals surface area contributed by atoms with Gasteiger partial charge >= 0.3 is 0 Å². The van der Waals surface area contributed by atoms with E-state index in [0.717, 1.165) is 62.9 Å². The molecule has 0 aromatic carbocycles. The summed E-state index contributed by atoms with van der Waals surface area (Å²) in [5.74, 6) is 0.854. The van der Waals surface area contributed by atoms with Crippen LogP contribution >= 0.6 is 46.9 Å². The molecule has 2 heterocycles. The van der Waals surface area contributed by atoms with Gasteiger partial charge in [-0.15, -0.1) is 35.3 Å². The lowest BCUT2D eigenvalue weighted by Crippen LogP contribution is -2.47. The number of rotatable bonds is 9. The summed E-state index contributed by atoms with van der Waals surface area (Å²) >= 11 is 7.33. The molecular weight excluding hydrogens is 501 g/mol. The molecule has 1 aromatic rings. The van der Waals surface area contributed by atoms with Crippen LogP contribution in [0.2, 0.25) is 4.34 Å². The van der Waals surface area contributed by atoms with Crippen LogP contribution in [0.3, 0.4) is 0 Å². The maximum atomic E-state index is 10.3. The van der Waals surface area contributed by atoms with Crippen LogP contribution in [0, 0.1) is 0 Å². The molecule has 6 nitrogen and oxygen atoms in total. The van der Waals surface area contributed by atoms with Crippen molar-refractivity contribution in [3.8, 4) is 0 Å². The summed E-state index contributed by atoms with van der Waals surface area (Å²) in [6.45, 7) is 6.48. The number of guanidine groups is 1. The number of nitrogens with zero attached hydrogens (tertiary/aromatic N) is 2. The molecule has 1 atom stereocenters. The van der Waals surface area contributed by atoms with E-state index in [0.29, 0.717) is 17.0 Å². The number of hydrogen-bond donors (Lipinski definition) is 2. The summed E-state index contributed by atoms with van der Waals surface area (Å²) in [5.41, 5.74) is 0. The largest absolute Gasteiger partial charge is 0.386 e. The fourth-order valence-electron chi connectivity index (χ4n) is 2.88. The monoisotopic (exact) mass is 531 g/mol.